The molecule has 0 aliphatic heterocycles. The van der Waals surface area contributed by atoms with E-state index < -0.39 is 0 Å². The zero-order valence-electron chi connectivity index (χ0n) is 18.7. The van der Waals surface area contributed by atoms with E-state index in [1.165, 1.54) is 0 Å². The maximum atomic E-state index is 13.1. The number of pyridine rings is 1. The normalized spacial score (nSPS) is 11.1. The molecule has 0 unspecified atom stereocenters. The predicted octanol–water partition coefficient (Wildman–Crippen LogP) is 3.84. The van der Waals surface area contributed by atoms with Gasteiger partial charge in [0, 0.05) is 29.4 Å². The van der Waals surface area contributed by atoms with Gasteiger partial charge in [-0.05, 0) is 48.0 Å². The van der Waals surface area contributed by atoms with E-state index in [-0.39, 0.29) is 18.4 Å². The Morgan fingerprint density at radius 1 is 1.09 bits per heavy atom. The number of nitrogens with one attached hydrogen (secondary N) is 1. The lowest BCUT2D eigenvalue weighted by molar-refractivity contribution is 0.0950. The molecule has 33 heavy (non-hydrogen) atoms. The third-order valence-corrected chi connectivity index (χ3v) is 5.40. The van der Waals surface area contributed by atoms with E-state index in [9.17, 15) is 4.79 Å². The summed E-state index contributed by atoms with van der Waals surface area (Å²) in [6.07, 6.45) is 5.06. The van der Waals surface area contributed by atoms with Crippen molar-refractivity contribution < 1.29 is 4.79 Å². The lowest BCUT2D eigenvalue weighted by Gasteiger charge is -2.15. The molecule has 0 radical (unpaired) electrons. The fourth-order valence-electron chi connectivity index (χ4n) is 3.22. The molecule has 0 atom stereocenters. The van der Waals surface area contributed by atoms with Gasteiger partial charge in [-0.15, -0.1) is 5.10 Å². The average Bonchev–Trinajstić information content (AvgIpc) is 3.29. The van der Waals surface area contributed by atoms with Crippen molar-refractivity contribution in [3.63, 3.8) is 0 Å². The summed E-state index contributed by atoms with van der Waals surface area (Å²) in [4.78, 5) is 26.1. The van der Waals surface area contributed by atoms with Crippen molar-refractivity contribution in [2.45, 2.75) is 40.2 Å². The van der Waals surface area contributed by atoms with Crippen LogP contribution in [0.4, 0.5) is 0 Å². The number of nitrogens with zero attached hydrogens (tertiary/aromatic N) is 7. The Kier molecular flexibility index (Phi) is 6.41. The van der Waals surface area contributed by atoms with Gasteiger partial charge in [-0.1, -0.05) is 31.5 Å². The minimum Gasteiger partial charge on any atom is -0.346 e. The van der Waals surface area contributed by atoms with Gasteiger partial charge in [0.05, 0.1) is 40.5 Å². The zero-order chi connectivity index (χ0) is 23.5. The van der Waals surface area contributed by atoms with Crippen molar-refractivity contribution in [2.75, 3.05) is 0 Å². The van der Waals surface area contributed by atoms with E-state index in [0.717, 1.165) is 11.3 Å². The summed E-state index contributed by atoms with van der Waals surface area (Å²) in [5.41, 5.74) is 4.65. The molecule has 3 aromatic heterocycles. The highest BCUT2D eigenvalue weighted by molar-refractivity contribution is 6.35. The van der Waals surface area contributed by atoms with E-state index in [0.29, 0.717) is 39.0 Å². The highest BCUT2D eigenvalue weighted by atomic mass is 35.5. The highest BCUT2D eigenvalue weighted by Gasteiger charge is 2.21. The van der Waals surface area contributed by atoms with Gasteiger partial charge in [-0.25, -0.2) is 0 Å². The van der Waals surface area contributed by atoms with E-state index >= 15 is 0 Å². The van der Waals surface area contributed by atoms with Crippen LogP contribution in [0.1, 0.15) is 52.9 Å². The van der Waals surface area contributed by atoms with E-state index in [4.69, 9.17) is 11.6 Å². The molecule has 1 N–H and O–H groups in total. The third-order valence-electron chi connectivity index (χ3n) is 5.01. The third kappa shape index (κ3) is 4.88. The molecular weight excluding hydrogens is 440 g/mol. The van der Waals surface area contributed by atoms with Crippen LogP contribution in [0.3, 0.4) is 0 Å². The smallest absolute Gasteiger partial charge is 0.251 e. The summed E-state index contributed by atoms with van der Waals surface area (Å²) in [5, 5.41) is 15.3. The van der Waals surface area contributed by atoms with Crippen molar-refractivity contribution in [1.82, 2.24) is 40.5 Å². The number of halogens is 1. The number of carbonyl (C=O) groups is 1. The molecule has 0 aliphatic carbocycles. The second-order valence-corrected chi connectivity index (χ2v) is 8.39. The van der Waals surface area contributed by atoms with Gasteiger partial charge in [-0.3, -0.25) is 19.7 Å². The van der Waals surface area contributed by atoms with Crippen LogP contribution in [0.5, 0.6) is 0 Å². The molecule has 10 heteroatoms. The number of rotatable bonds is 6. The van der Waals surface area contributed by atoms with Gasteiger partial charge in [-0.2, -0.15) is 4.68 Å². The number of amides is 1. The fraction of sp³-hybridized carbons (Fsp3) is 0.261. The molecule has 0 fully saturated rings. The van der Waals surface area contributed by atoms with Crippen LogP contribution in [-0.4, -0.2) is 41.1 Å². The quantitative estimate of drug-likeness (QED) is 0.463. The van der Waals surface area contributed by atoms with Crippen LogP contribution < -0.4 is 5.32 Å². The monoisotopic (exact) mass is 462 g/mol. The van der Waals surface area contributed by atoms with Crippen molar-refractivity contribution in [1.29, 1.82) is 0 Å². The van der Waals surface area contributed by atoms with Crippen LogP contribution >= 0.6 is 11.6 Å². The van der Waals surface area contributed by atoms with Crippen LogP contribution in [0.25, 0.3) is 16.9 Å². The van der Waals surface area contributed by atoms with Gasteiger partial charge in [0.1, 0.15) is 0 Å². The molecule has 0 saturated carbocycles. The summed E-state index contributed by atoms with van der Waals surface area (Å²) in [7, 11) is 0. The Balaban J connectivity index is 1.76. The SMILES string of the molecule is Cc1ccc(-c2cc(C(=O)NCc3cnc(C)cn3)cc(-n3nnnc3C(C)C)c2Cl)nc1. The number of hydrogen-bond donors (Lipinski definition) is 1. The maximum absolute atomic E-state index is 13.1. The largest absolute Gasteiger partial charge is 0.346 e. The number of benzene rings is 1. The minimum absolute atomic E-state index is 0.0506. The summed E-state index contributed by atoms with van der Waals surface area (Å²) in [6.45, 7) is 8.02. The van der Waals surface area contributed by atoms with Crippen molar-refractivity contribution in [2.24, 2.45) is 0 Å². The Labute approximate surface area is 196 Å². The second-order valence-electron chi connectivity index (χ2n) is 8.01. The number of aryl methyl sites for hydroxylation is 2. The predicted molar refractivity (Wildman–Crippen MR) is 124 cm³/mol. The van der Waals surface area contributed by atoms with Crippen LogP contribution in [-0.2, 0) is 6.54 Å². The van der Waals surface area contributed by atoms with Crippen LogP contribution in [0.2, 0.25) is 5.02 Å². The molecule has 4 aromatic rings. The lowest BCUT2D eigenvalue weighted by Crippen LogP contribution is -2.24. The molecule has 168 valence electrons. The average molecular weight is 463 g/mol. The van der Waals surface area contributed by atoms with Crippen molar-refractivity contribution in [3.05, 3.63) is 76.2 Å². The van der Waals surface area contributed by atoms with Crippen molar-refractivity contribution in [3.8, 4) is 16.9 Å². The Morgan fingerprint density at radius 2 is 1.91 bits per heavy atom. The van der Waals surface area contributed by atoms with Gasteiger partial charge in [0.15, 0.2) is 5.82 Å². The summed E-state index contributed by atoms with van der Waals surface area (Å²) in [5.74, 6) is 0.393. The Bertz CT molecular complexity index is 1280. The molecule has 0 saturated heterocycles. The van der Waals surface area contributed by atoms with Gasteiger partial charge in [0.25, 0.3) is 5.91 Å². The number of aromatic nitrogens is 7. The molecule has 0 spiro atoms. The second kappa shape index (κ2) is 9.41. The summed E-state index contributed by atoms with van der Waals surface area (Å²) >= 11 is 6.81. The standard InChI is InChI=1S/C23H23ClN8O/c1-13(2)22-29-30-31-32(22)20-8-16(23(33)28-12-17-11-25-15(4)10-26-17)7-18(21(20)24)19-6-5-14(3)9-27-19/h5-11,13H,12H2,1-4H3,(H,28,33). The minimum atomic E-state index is -0.289. The van der Waals surface area contributed by atoms with E-state index in [2.05, 4.69) is 35.8 Å². The molecule has 1 aromatic carbocycles. The first-order valence-corrected chi connectivity index (χ1v) is 10.8. The highest BCUT2D eigenvalue weighted by Crippen LogP contribution is 2.34. The van der Waals surface area contributed by atoms with Gasteiger partial charge >= 0.3 is 0 Å². The Hall–Kier alpha value is -3.72. The van der Waals surface area contributed by atoms with E-state index in [1.54, 1.807) is 35.4 Å². The first-order valence-electron chi connectivity index (χ1n) is 10.4. The maximum Gasteiger partial charge on any atom is 0.251 e. The lowest BCUT2D eigenvalue weighted by atomic mass is 10.0. The van der Waals surface area contributed by atoms with E-state index in [1.807, 2.05) is 39.8 Å². The van der Waals surface area contributed by atoms with Gasteiger partial charge < -0.3 is 5.32 Å². The van der Waals surface area contributed by atoms with Crippen molar-refractivity contribution >= 4 is 17.5 Å². The topological polar surface area (TPSA) is 111 Å². The van der Waals surface area contributed by atoms with Crippen LogP contribution in [0, 0.1) is 13.8 Å². The first-order chi connectivity index (χ1) is 15.8. The van der Waals surface area contributed by atoms with Crippen LogP contribution in [0.15, 0.2) is 42.9 Å². The molecular formula is C23H23ClN8O. The number of carbonyl (C=O) groups excluding carboxylic acids is 1. The zero-order valence-corrected chi connectivity index (χ0v) is 19.5. The number of tetrazole rings is 1. The molecule has 1 amide bonds. The molecule has 3 heterocycles. The van der Waals surface area contributed by atoms with Gasteiger partial charge in [0.2, 0.25) is 0 Å². The molecule has 0 bridgehead atoms. The summed E-state index contributed by atoms with van der Waals surface area (Å²) in [6, 6.07) is 7.21. The fourth-order valence-corrected chi connectivity index (χ4v) is 3.50. The Morgan fingerprint density at radius 3 is 2.58 bits per heavy atom. The summed E-state index contributed by atoms with van der Waals surface area (Å²) < 4.78 is 1.56. The molecule has 4 rings (SSSR count). The number of hydrogen-bond acceptors (Lipinski definition) is 7. The molecule has 0 aliphatic rings. The first kappa shape index (κ1) is 22.5. The molecule has 9 nitrogen and oxygen atoms in total.